The maximum atomic E-state index is 12.3. The Bertz CT molecular complexity index is 606. The van der Waals surface area contributed by atoms with Gasteiger partial charge < -0.3 is 20.6 Å². The molecule has 0 bridgehead atoms. The molecule has 122 valence electrons. The number of aliphatic hydroxyl groups excluding tert-OH is 1. The van der Waals surface area contributed by atoms with Crippen molar-refractivity contribution in [3.63, 3.8) is 0 Å². The smallest absolute Gasteiger partial charge is 0.251 e. The monoisotopic (exact) mass is 314 g/mol. The lowest BCUT2D eigenvalue weighted by atomic mass is 10.0. The predicted molar refractivity (Wildman–Crippen MR) is 88.1 cm³/mol. The molecule has 1 saturated heterocycles. The van der Waals surface area contributed by atoms with Gasteiger partial charge in [0.2, 0.25) is 0 Å². The lowest BCUT2D eigenvalue weighted by Crippen LogP contribution is -2.40. The Balaban J connectivity index is 1.61. The van der Waals surface area contributed by atoms with Gasteiger partial charge in [0.25, 0.3) is 5.91 Å². The van der Waals surface area contributed by atoms with E-state index >= 15 is 0 Å². The SMILES string of the molecule is O=C(NCCN1CCCC1)C1=CC(c2ccncc2)=CN[C@H]1O. The maximum absolute atomic E-state index is 12.3. The fourth-order valence-corrected chi connectivity index (χ4v) is 2.88. The van der Waals surface area contributed by atoms with Gasteiger partial charge in [-0.3, -0.25) is 9.78 Å². The average molecular weight is 314 g/mol. The minimum atomic E-state index is -0.979. The van der Waals surface area contributed by atoms with Crippen molar-refractivity contribution in [2.45, 2.75) is 19.1 Å². The third-order valence-electron chi connectivity index (χ3n) is 4.19. The number of hydrogen-bond donors (Lipinski definition) is 3. The van der Waals surface area contributed by atoms with E-state index in [1.807, 2.05) is 12.1 Å². The lowest BCUT2D eigenvalue weighted by Gasteiger charge is -2.21. The highest BCUT2D eigenvalue weighted by atomic mass is 16.3. The van der Waals surface area contributed by atoms with Crippen LogP contribution in [0.4, 0.5) is 0 Å². The Hall–Kier alpha value is -2.18. The number of aliphatic hydroxyl groups is 1. The number of aromatic nitrogens is 1. The van der Waals surface area contributed by atoms with Crippen LogP contribution in [0.3, 0.4) is 0 Å². The summed E-state index contributed by atoms with van der Waals surface area (Å²) in [6.45, 7) is 3.67. The second-order valence-corrected chi connectivity index (χ2v) is 5.81. The van der Waals surface area contributed by atoms with Crippen LogP contribution < -0.4 is 10.6 Å². The summed E-state index contributed by atoms with van der Waals surface area (Å²) in [5, 5.41) is 15.7. The van der Waals surface area contributed by atoms with Gasteiger partial charge in [-0.25, -0.2) is 0 Å². The van der Waals surface area contributed by atoms with Crippen LogP contribution in [0, 0.1) is 0 Å². The van der Waals surface area contributed by atoms with E-state index in [1.165, 1.54) is 12.8 Å². The molecule has 0 aliphatic carbocycles. The molecule has 6 nitrogen and oxygen atoms in total. The molecule has 1 aromatic heterocycles. The standard InChI is InChI=1S/C17H22N4O2/c22-16(19-7-10-21-8-1-2-9-21)15-11-14(12-20-17(15)23)13-3-5-18-6-4-13/h3-6,11-12,17,20,23H,1-2,7-10H2,(H,19,22)/t17-/m0/s1. The number of nitrogens with zero attached hydrogens (tertiary/aromatic N) is 2. The van der Waals surface area contributed by atoms with E-state index in [4.69, 9.17) is 0 Å². The van der Waals surface area contributed by atoms with Crippen LogP contribution in [0.25, 0.3) is 5.57 Å². The van der Waals surface area contributed by atoms with Crippen molar-refractivity contribution in [1.82, 2.24) is 20.5 Å². The van der Waals surface area contributed by atoms with E-state index in [0.29, 0.717) is 12.1 Å². The van der Waals surface area contributed by atoms with Crippen LogP contribution in [0.5, 0.6) is 0 Å². The number of rotatable bonds is 5. The number of amides is 1. The fraction of sp³-hybridized carbons (Fsp3) is 0.412. The van der Waals surface area contributed by atoms with Crippen LogP contribution >= 0.6 is 0 Å². The van der Waals surface area contributed by atoms with Gasteiger partial charge in [-0.1, -0.05) is 0 Å². The molecule has 23 heavy (non-hydrogen) atoms. The fourth-order valence-electron chi connectivity index (χ4n) is 2.88. The topological polar surface area (TPSA) is 77.5 Å². The largest absolute Gasteiger partial charge is 0.369 e. The zero-order valence-corrected chi connectivity index (χ0v) is 13.0. The first-order valence-corrected chi connectivity index (χ1v) is 8.01. The van der Waals surface area contributed by atoms with E-state index in [-0.39, 0.29) is 5.91 Å². The molecule has 3 heterocycles. The zero-order chi connectivity index (χ0) is 16.1. The Morgan fingerprint density at radius 1 is 1.35 bits per heavy atom. The summed E-state index contributed by atoms with van der Waals surface area (Å²) in [5.41, 5.74) is 2.13. The summed E-state index contributed by atoms with van der Waals surface area (Å²) in [4.78, 5) is 18.6. The van der Waals surface area contributed by atoms with Gasteiger partial charge in [-0.2, -0.15) is 0 Å². The third-order valence-corrected chi connectivity index (χ3v) is 4.19. The van der Waals surface area contributed by atoms with E-state index < -0.39 is 6.23 Å². The van der Waals surface area contributed by atoms with Gasteiger partial charge in [-0.15, -0.1) is 0 Å². The molecule has 3 N–H and O–H groups in total. The summed E-state index contributed by atoms with van der Waals surface area (Å²) in [5.74, 6) is -0.233. The quantitative estimate of drug-likeness (QED) is 0.737. The molecule has 0 saturated carbocycles. The van der Waals surface area contributed by atoms with Crippen LogP contribution in [0.1, 0.15) is 18.4 Å². The molecule has 3 rings (SSSR count). The van der Waals surface area contributed by atoms with Crippen molar-refractivity contribution in [1.29, 1.82) is 0 Å². The molecule has 6 heteroatoms. The average Bonchev–Trinajstić information content (AvgIpc) is 3.09. The van der Waals surface area contributed by atoms with Gasteiger partial charge in [0.1, 0.15) is 0 Å². The highest BCUT2D eigenvalue weighted by molar-refractivity contribution is 5.98. The highest BCUT2D eigenvalue weighted by Gasteiger charge is 2.22. The van der Waals surface area contributed by atoms with Crippen LogP contribution in [0.15, 0.2) is 42.4 Å². The predicted octanol–water partition coefficient (Wildman–Crippen LogP) is 0.482. The van der Waals surface area contributed by atoms with E-state index in [9.17, 15) is 9.90 Å². The molecular weight excluding hydrogens is 292 g/mol. The molecule has 0 unspecified atom stereocenters. The Morgan fingerprint density at radius 3 is 2.83 bits per heavy atom. The molecule has 2 aliphatic rings. The van der Waals surface area contributed by atoms with Crippen molar-refractivity contribution < 1.29 is 9.90 Å². The first-order chi connectivity index (χ1) is 11.2. The maximum Gasteiger partial charge on any atom is 0.251 e. The molecule has 0 radical (unpaired) electrons. The van der Waals surface area contributed by atoms with Gasteiger partial charge in [0, 0.05) is 31.7 Å². The summed E-state index contributed by atoms with van der Waals surface area (Å²) >= 11 is 0. The molecule has 1 atom stereocenters. The number of nitrogens with one attached hydrogen (secondary N) is 2. The zero-order valence-electron chi connectivity index (χ0n) is 13.0. The van der Waals surface area contributed by atoms with Crippen LogP contribution in [-0.2, 0) is 4.79 Å². The summed E-state index contributed by atoms with van der Waals surface area (Å²) < 4.78 is 0. The molecule has 0 aromatic carbocycles. The summed E-state index contributed by atoms with van der Waals surface area (Å²) in [7, 11) is 0. The second-order valence-electron chi connectivity index (χ2n) is 5.81. The number of pyridine rings is 1. The van der Waals surface area contributed by atoms with Crippen molar-refractivity contribution in [3.05, 3.63) is 47.9 Å². The Morgan fingerprint density at radius 2 is 2.09 bits per heavy atom. The Kier molecular flexibility index (Phi) is 5.05. The molecular formula is C17H22N4O2. The lowest BCUT2D eigenvalue weighted by molar-refractivity contribution is -0.118. The van der Waals surface area contributed by atoms with E-state index in [2.05, 4.69) is 20.5 Å². The van der Waals surface area contributed by atoms with E-state index in [1.54, 1.807) is 24.7 Å². The minimum absolute atomic E-state index is 0.233. The molecule has 1 fully saturated rings. The molecule has 0 spiro atoms. The highest BCUT2D eigenvalue weighted by Crippen LogP contribution is 2.20. The van der Waals surface area contributed by atoms with Crippen LogP contribution in [0.2, 0.25) is 0 Å². The van der Waals surface area contributed by atoms with Crippen LogP contribution in [-0.4, -0.2) is 53.3 Å². The summed E-state index contributed by atoms with van der Waals surface area (Å²) in [6.07, 6.45) is 8.33. The third kappa shape index (κ3) is 3.97. The summed E-state index contributed by atoms with van der Waals surface area (Å²) in [6, 6.07) is 3.73. The molecule has 2 aliphatic heterocycles. The van der Waals surface area contributed by atoms with E-state index in [0.717, 1.165) is 30.8 Å². The van der Waals surface area contributed by atoms with Crippen molar-refractivity contribution in [2.75, 3.05) is 26.2 Å². The number of allylic oxidation sites excluding steroid dienone is 2. The molecule has 1 amide bonds. The Labute approximate surface area is 135 Å². The van der Waals surface area contributed by atoms with Crippen molar-refractivity contribution in [3.8, 4) is 0 Å². The normalized spacial score (nSPS) is 21.3. The number of dihydropyridines is 1. The van der Waals surface area contributed by atoms with Gasteiger partial charge in [-0.05, 0) is 55.3 Å². The number of carbonyl (C=O) groups is 1. The minimum Gasteiger partial charge on any atom is -0.369 e. The van der Waals surface area contributed by atoms with Crippen molar-refractivity contribution in [2.24, 2.45) is 0 Å². The molecule has 1 aromatic rings. The van der Waals surface area contributed by atoms with Gasteiger partial charge >= 0.3 is 0 Å². The number of hydrogen-bond acceptors (Lipinski definition) is 5. The van der Waals surface area contributed by atoms with Crippen molar-refractivity contribution >= 4 is 11.5 Å². The van der Waals surface area contributed by atoms with Gasteiger partial charge in [0.05, 0.1) is 5.57 Å². The number of likely N-dealkylation sites (tertiary alicyclic amines) is 1. The number of carbonyl (C=O) groups excluding carboxylic acids is 1. The first kappa shape index (κ1) is 15.7. The second kappa shape index (κ2) is 7.39. The first-order valence-electron chi connectivity index (χ1n) is 8.01. The van der Waals surface area contributed by atoms with Gasteiger partial charge in [0.15, 0.2) is 6.23 Å².